The van der Waals surface area contributed by atoms with Crippen molar-refractivity contribution in [2.75, 3.05) is 0 Å². The maximum atomic E-state index is 11.2. The summed E-state index contributed by atoms with van der Waals surface area (Å²) in [5, 5.41) is 2.87. The molecule has 0 N–H and O–H groups in total. The van der Waals surface area contributed by atoms with E-state index in [0.29, 0.717) is 0 Å². The Hall–Kier alpha value is -1.99. The molecule has 0 fully saturated rings. The Morgan fingerprint density at radius 1 is 0.361 bits per heavy atom. The molecule has 0 aliphatic carbocycles. The Labute approximate surface area is 386 Å². The van der Waals surface area contributed by atoms with Crippen LogP contribution < -0.4 is 0 Å². The Balaban J connectivity index is 0.000000423. The minimum Gasteiger partial charge on any atom is -0.493 e. The average molecular weight is 882 g/mol. The zero-order chi connectivity index (χ0) is 43.9. The third-order valence-corrected chi connectivity index (χ3v) is 14.0. The summed E-state index contributed by atoms with van der Waals surface area (Å²) in [5.74, 6) is 0. The van der Waals surface area contributed by atoms with Crippen LogP contribution in [0.5, 0.6) is 0 Å². The van der Waals surface area contributed by atoms with Gasteiger partial charge in [0.05, 0.1) is 0 Å². The van der Waals surface area contributed by atoms with Gasteiger partial charge in [0.15, 0.2) is 0 Å². The molecule has 2 nitrogen and oxygen atoms in total. The minimum absolute atomic E-state index is 0.886. The van der Waals surface area contributed by atoms with Crippen LogP contribution in [0.4, 0.5) is 0 Å². The summed E-state index contributed by atoms with van der Waals surface area (Å²) in [4.78, 5) is 0. The Morgan fingerprint density at radius 3 is 1.10 bits per heavy atom. The van der Waals surface area contributed by atoms with Gasteiger partial charge in [0.1, 0.15) is 0 Å². The van der Waals surface area contributed by atoms with E-state index < -0.39 is 0 Å². The van der Waals surface area contributed by atoms with Crippen LogP contribution in [0, 0.1) is 0 Å². The van der Waals surface area contributed by atoms with Crippen LogP contribution in [0.25, 0.3) is 16.9 Å². The van der Waals surface area contributed by atoms with Gasteiger partial charge in [-0.05, 0) is 73.9 Å². The van der Waals surface area contributed by atoms with Crippen molar-refractivity contribution in [2.24, 2.45) is 0 Å². The van der Waals surface area contributed by atoms with Gasteiger partial charge in [0.2, 0.25) is 11.4 Å². The number of allylic oxidation sites excluding steroid dienone is 2. The number of benzene rings is 2. The number of hydrogen-bond donors (Lipinski definition) is 0. The maximum absolute atomic E-state index is 11.2. The zero-order valence-corrected chi connectivity index (χ0v) is 42.1. The molecule has 0 saturated heterocycles. The SMILES string of the molecule is CCCCCCCCCCCCC[CH2][Ni][CH2]CCCCCCCCCCCCC.CCCCCCc1ccc(C2=C(CCCC)C=C(c3ccc(CCCC)cc3)[N+]2=[N-])cc1. The molecule has 1 aliphatic heterocycles. The molecule has 3 heteroatoms. The summed E-state index contributed by atoms with van der Waals surface area (Å²) in [6, 6.07) is 17.6. The van der Waals surface area contributed by atoms with Crippen molar-refractivity contribution < 1.29 is 19.1 Å². The Kier molecular flexibility index (Phi) is 35.8. The van der Waals surface area contributed by atoms with Crippen molar-refractivity contribution in [3.63, 3.8) is 0 Å². The van der Waals surface area contributed by atoms with Crippen molar-refractivity contribution in [1.82, 2.24) is 0 Å². The molecule has 0 spiro atoms. The van der Waals surface area contributed by atoms with Gasteiger partial charge in [-0.25, -0.2) is 4.70 Å². The van der Waals surface area contributed by atoms with Crippen LogP contribution in [0.1, 0.15) is 269 Å². The van der Waals surface area contributed by atoms with E-state index in [9.17, 15) is 5.53 Å². The summed E-state index contributed by atoms with van der Waals surface area (Å²) < 4.78 is 1.42. The molecule has 0 atom stereocenters. The molecule has 2 aromatic rings. The third-order valence-electron chi connectivity index (χ3n) is 12.6. The summed E-state index contributed by atoms with van der Waals surface area (Å²) >= 11 is 2.04. The standard InChI is InChI=1S/C30H40N2.2C14H29.Ni/c1-4-7-10-11-13-25-17-21-27(22-18-25)30-28(14-9-6-3)23-29(32(30)31)26-19-15-24(16-20-26)12-8-5-2;2*1-3-5-7-9-11-13-14-12-10-8-6-4-2;/h15-23H,4-14H2,1-3H3;2*1,3-14H2,2H3;. The van der Waals surface area contributed by atoms with E-state index in [1.165, 1.54) is 225 Å². The van der Waals surface area contributed by atoms with Crippen LogP contribution in [0.15, 0.2) is 60.2 Å². The van der Waals surface area contributed by atoms with Gasteiger partial charge >= 0.3 is 166 Å². The van der Waals surface area contributed by atoms with E-state index in [-0.39, 0.29) is 0 Å². The quantitative estimate of drug-likeness (QED) is 0.0363. The second kappa shape index (κ2) is 39.6. The molecule has 1 heterocycles. The molecular formula is C58H98N2Ni. The van der Waals surface area contributed by atoms with Gasteiger partial charge in [-0.1, -0.05) is 104 Å². The van der Waals surface area contributed by atoms with E-state index in [2.05, 4.69) is 89.2 Å². The smallest absolute Gasteiger partial charge is 0.493 e. The van der Waals surface area contributed by atoms with Crippen molar-refractivity contribution >= 4 is 11.4 Å². The van der Waals surface area contributed by atoms with Crippen LogP contribution >= 0.6 is 0 Å². The number of hydrogen-bond acceptors (Lipinski definition) is 0. The van der Waals surface area contributed by atoms with Crippen molar-refractivity contribution in [1.29, 1.82) is 0 Å². The number of aryl methyl sites for hydroxylation is 2. The van der Waals surface area contributed by atoms with Gasteiger partial charge in [-0.2, -0.15) is 0 Å². The average Bonchev–Trinajstić information content (AvgIpc) is 3.62. The molecule has 350 valence electrons. The predicted octanol–water partition coefficient (Wildman–Crippen LogP) is 20.4. The second-order valence-electron chi connectivity index (χ2n) is 18.4. The van der Waals surface area contributed by atoms with E-state index in [1.54, 1.807) is 0 Å². The molecule has 1 aliphatic rings. The minimum atomic E-state index is 0.886. The third kappa shape index (κ3) is 27.1. The zero-order valence-electron chi connectivity index (χ0n) is 41.1. The second-order valence-corrected chi connectivity index (χ2v) is 19.9. The fourth-order valence-electron chi connectivity index (χ4n) is 8.51. The van der Waals surface area contributed by atoms with Crippen molar-refractivity contribution in [3.05, 3.63) is 88.0 Å². The van der Waals surface area contributed by atoms with Gasteiger partial charge in [0.25, 0.3) is 0 Å². The molecule has 0 radical (unpaired) electrons. The molecule has 0 aromatic heterocycles. The van der Waals surface area contributed by atoms with E-state index >= 15 is 0 Å². The van der Waals surface area contributed by atoms with Crippen LogP contribution in [0.2, 0.25) is 10.8 Å². The van der Waals surface area contributed by atoms with Gasteiger partial charge < -0.3 is 5.53 Å². The van der Waals surface area contributed by atoms with Crippen molar-refractivity contribution in [2.45, 2.75) is 270 Å². The molecular weight excluding hydrogens is 783 g/mol. The fourth-order valence-corrected chi connectivity index (χ4v) is 9.74. The van der Waals surface area contributed by atoms with Gasteiger partial charge in [-0.3, -0.25) is 0 Å². The fraction of sp³-hybridized carbons (Fsp3) is 0.724. The summed E-state index contributed by atoms with van der Waals surface area (Å²) in [6.45, 7) is 11.3. The molecule has 0 amide bonds. The monoisotopic (exact) mass is 881 g/mol. The molecule has 0 bridgehead atoms. The van der Waals surface area contributed by atoms with Gasteiger partial charge in [-0.15, -0.1) is 0 Å². The van der Waals surface area contributed by atoms with E-state index in [0.717, 1.165) is 54.6 Å². The molecule has 61 heavy (non-hydrogen) atoms. The normalized spacial score (nSPS) is 12.7. The van der Waals surface area contributed by atoms with Crippen LogP contribution in [0.3, 0.4) is 0 Å². The van der Waals surface area contributed by atoms with E-state index in [1.807, 2.05) is 14.4 Å². The number of rotatable bonds is 39. The van der Waals surface area contributed by atoms with Crippen LogP contribution in [-0.4, -0.2) is 4.70 Å². The van der Waals surface area contributed by atoms with E-state index in [4.69, 9.17) is 0 Å². The summed E-state index contributed by atoms with van der Waals surface area (Å²) in [6.07, 6.45) is 50.5. The molecule has 0 unspecified atom stereocenters. The first-order valence-corrected chi connectivity index (χ1v) is 28.1. The van der Waals surface area contributed by atoms with Crippen molar-refractivity contribution in [3.8, 4) is 0 Å². The first-order chi connectivity index (χ1) is 30.1. The molecule has 0 saturated carbocycles. The number of unbranched alkanes of at least 4 members (excludes halogenated alkanes) is 27. The van der Waals surface area contributed by atoms with Crippen LogP contribution in [-0.2, 0) is 27.3 Å². The first-order valence-electron chi connectivity index (χ1n) is 26.7. The number of nitrogens with zero attached hydrogens (tertiary/aromatic N) is 2. The van der Waals surface area contributed by atoms with Gasteiger partial charge in [0, 0.05) is 22.8 Å². The summed E-state index contributed by atoms with van der Waals surface area (Å²) in [7, 11) is 0. The Morgan fingerprint density at radius 2 is 0.689 bits per heavy atom. The summed E-state index contributed by atoms with van der Waals surface area (Å²) in [5.41, 5.74) is 19.2. The first kappa shape index (κ1) is 55.1. The topological polar surface area (TPSA) is 25.3 Å². The predicted molar refractivity (Wildman–Crippen MR) is 269 cm³/mol. The molecule has 2 aromatic carbocycles. The Bertz CT molecular complexity index is 1340. The molecule has 3 rings (SSSR count).